The lowest BCUT2D eigenvalue weighted by molar-refractivity contribution is -0.958. The van der Waals surface area contributed by atoms with Gasteiger partial charge >= 0.3 is 0 Å². The van der Waals surface area contributed by atoms with Crippen LogP contribution in [0.15, 0.2) is 35.7 Å². The van der Waals surface area contributed by atoms with Gasteiger partial charge in [-0.1, -0.05) is 0 Å². The molecule has 1 aliphatic carbocycles. The topological polar surface area (TPSA) is 49.3 Å². The summed E-state index contributed by atoms with van der Waals surface area (Å²) < 4.78 is 9.46. The van der Waals surface area contributed by atoms with Gasteiger partial charge in [-0.25, -0.2) is 0 Å². The third-order valence-electron chi connectivity index (χ3n) is 5.63. The Bertz CT molecular complexity index is 1000. The summed E-state index contributed by atoms with van der Waals surface area (Å²) in [6, 6.07) is 10.6. The van der Waals surface area contributed by atoms with Gasteiger partial charge in [0.05, 0.1) is 19.3 Å². The van der Waals surface area contributed by atoms with Crippen LogP contribution in [0.2, 0.25) is 0 Å². The summed E-state index contributed by atoms with van der Waals surface area (Å²) in [6.45, 7) is 1.90. The molecule has 1 saturated carbocycles. The van der Waals surface area contributed by atoms with Crippen molar-refractivity contribution in [3.05, 3.63) is 50.9 Å². The fourth-order valence-electron chi connectivity index (χ4n) is 4.13. The predicted molar refractivity (Wildman–Crippen MR) is 106 cm³/mol. The predicted octanol–water partition coefficient (Wildman–Crippen LogP) is 2.42. The van der Waals surface area contributed by atoms with Crippen LogP contribution in [-0.2, 0) is 13.1 Å². The van der Waals surface area contributed by atoms with Gasteiger partial charge in [0.2, 0.25) is 4.77 Å². The van der Waals surface area contributed by atoms with E-state index >= 15 is 0 Å². The van der Waals surface area contributed by atoms with E-state index in [1.54, 1.807) is 27.1 Å². The fourth-order valence-corrected chi connectivity index (χ4v) is 5.30. The van der Waals surface area contributed by atoms with Crippen LogP contribution < -0.4 is 9.64 Å². The third kappa shape index (κ3) is 3.11. The van der Waals surface area contributed by atoms with Crippen molar-refractivity contribution in [2.75, 3.05) is 13.7 Å². The second-order valence-electron chi connectivity index (χ2n) is 7.30. The van der Waals surface area contributed by atoms with E-state index in [1.807, 2.05) is 40.3 Å². The van der Waals surface area contributed by atoms with Gasteiger partial charge in [0.1, 0.15) is 11.8 Å². The Labute approximate surface area is 167 Å². The van der Waals surface area contributed by atoms with Crippen LogP contribution in [0, 0.1) is 10.7 Å². The van der Waals surface area contributed by atoms with Crippen LogP contribution >= 0.6 is 23.6 Å². The average Bonchev–Trinajstić information content (AvgIpc) is 3.31. The second-order valence-corrected chi connectivity index (χ2v) is 8.67. The Morgan fingerprint density at radius 1 is 1.22 bits per heavy atom. The molecule has 1 unspecified atom stereocenters. The monoisotopic (exact) mass is 400 g/mol. The molecule has 0 spiro atoms. The first kappa shape index (κ1) is 17.1. The standard InChI is InChI=1S/C19H21N5OS2/c1-25-15-6-4-14(5-7-15)24-19(26)23(20-21-24)12-22-10-8-17-16(9-11-27-17)18(22)13-2-3-13/h4-7,9,11,13,18H,2-3,8,10,12H2,1H3/p+1/t18-/m0/s1. The van der Waals surface area contributed by atoms with Crippen molar-refractivity contribution in [2.24, 2.45) is 5.92 Å². The highest BCUT2D eigenvalue weighted by molar-refractivity contribution is 7.71. The first-order valence-electron chi connectivity index (χ1n) is 9.32. The van der Waals surface area contributed by atoms with E-state index in [-0.39, 0.29) is 0 Å². The van der Waals surface area contributed by atoms with Gasteiger partial charge in [-0.15, -0.1) is 11.3 Å². The molecule has 2 aliphatic rings. The van der Waals surface area contributed by atoms with Gasteiger partial charge in [0.15, 0.2) is 6.67 Å². The molecule has 27 heavy (non-hydrogen) atoms. The molecule has 1 aromatic carbocycles. The van der Waals surface area contributed by atoms with E-state index in [1.165, 1.54) is 12.8 Å². The normalized spacial score (nSPS) is 21.8. The number of thiophene rings is 1. The highest BCUT2D eigenvalue weighted by Crippen LogP contribution is 2.42. The summed E-state index contributed by atoms with van der Waals surface area (Å²) in [4.78, 5) is 3.13. The summed E-state index contributed by atoms with van der Waals surface area (Å²) in [6.07, 6.45) is 3.83. The average molecular weight is 401 g/mol. The Kier molecular flexibility index (Phi) is 4.34. The van der Waals surface area contributed by atoms with Gasteiger partial charge in [-0.05, 0) is 71.2 Å². The molecule has 2 atom stereocenters. The van der Waals surface area contributed by atoms with Gasteiger partial charge < -0.3 is 9.64 Å². The zero-order chi connectivity index (χ0) is 18.4. The largest absolute Gasteiger partial charge is 0.497 e. The quantitative estimate of drug-likeness (QED) is 0.669. The number of hydrogen-bond donors (Lipinski definition) is 1. The Morgan fingerprint density at radius 3 is 2.78 bits per heavy atom. The lowest BCUT2D eigenvalue weighted by Crippen LogP contribution is -3.13. The minimum absolute atomic E-state index is 0.577. The number of tetrazole rings is 1. The van der Waals surface area contributed by atoms with Crippen LogP contribution in [0.1, 0.15) is 29.3 Å². The van der Waals surface area contributed by atoms with Crippen LogP contribution in [-0.4, -0.2) is 33.4 Å². The number of nitrogens with one attached hydrogen (secondary N) is 1. The van der Waals surface area contributed by atoms with E-state index in [0.717, 1.165) is 37.0 Å². The number of aromatic nitrogens is 4. The number of rotatable bonds is 5. The first-order chi connectivity index (χ1) is 13.2. The maximum Gasteiger partial charge on any atom is 0.225 e. The SMILES string of the molecule is COc1ccc(-n2nnn(C[NH+]3CCc4sccc4[C@@H]3C3CC3)c2=S)cc1. The maximum atomic E-state index is 5.68. The molecule has 0 amide bonds. The zero-order valence-electron chi connectivity index (χ0n) is 15.2. The lowest BCUT2D eigenvalue weighted by Gasteiger charge is -2.32. The molecule has 3 heterocycles. The van der Waals surface area contributed by atoms with E-state index in [9.17, 15) is 0 Å². The summed E-state index contributed by atoms with van der Waals surface area (Å²) >= 11 is 7.58. The smallest absolute Gasteiger partial charge is 0.225 e. The fraction of sp³-hybridized carbons (Fsp3) is 0.421. The Morgan fingerprint density at radius 2 is 2.04 bits per heavy atom. The van der Waals surface area contributed by atoms with Crippen molar-refractivity contribution in [3.63, 3.8) is 0 Å². The summed E-state index contributed by atoms with van der Waals surface area (Å²) in [5, 5.41) is 10.9. The van der Waals surface area contributed by atoms with Gasteiger partial charge in [0, 0.05) is 22.8 Å². The molecule has 1 fully saturated rings. The van der Waals surface area contributed by atoms with Gasteiger partial charge in [0.25, 0.3) is 0 Å². The molecule has 140 valence electrons. The van der Waals surface area contributed by atoms with Crippen molar-refractivity contribution in [2.45, 2.75) is 32.0 Å². The van der Waals surface area contributed by atoms with E-state index in [2.05, 4.69) is 21.9 Å². The summed E-state index contributed by atoms with van der Waals surface area (Å²) in [7, 11) is 1.66. The molecule has 8 heteroatoms. The van der Waals surface area contributed by atoms with Crippen molar-refractivity contribution in [1.29, 1.82) is 0 Å². The highest BCUT2D eigenvalue weighted by Gasteiger charge is 2.43. The molecule has 1 N–H and O–H groups in total. The Balaban J connectivity index is 1.41. The summed E-state index contributed by atoms with van der Waals surface area (Å²) in [5.74, 6) is 1.62. The number of methoxy groups -OCH3 is 1. The molecular weight excluding hydrogens is 378 g/mol. The molecule has 6 nitrogen and oxygen atoms in total. The summed E-state index contributed by atoms with van der Waals surface area (Å²) in [5.41, 5.74) is 2.46. The minimum Gasteiger partial charge on any atom is -0.497 e. The number of quaternary nitrogens is 1. The zero-order valence-corrected chi connectivity index (χ0v) is 16.8. The molecule has 2 aromatic heterocycles. The molecule has 0 radical (unpaired) electrons. The van der Waals surface area contributed by atoms with Gasteiger partial charge in [-0.2, -0.15) is 9.36 Å². The molecule has 0 saturated heterocycles. The number of ether oxygens (including phenoxy) is 1. The van der Waals surface area contributed by atoms with E-state index < -0.39 is 0 Å². The number of fused-ring (bicyclic) bond motifs is 1. The van der Waals surface area contributed by atoms with Crippen molar-refractivity contribution >= 4 is 23.6 Å². The second kappa shape index (κ2) is 6.85. The van der Waals surface area contributed by atoms with Crippen LogP contribution in [0.3, 0.4) is 0 Å². The van der Waals surface area contributed by atoms with Crippen molar-refractivity contribution in [3.8, 4) is 11.4 Å². The molecule has 0 bridgehead atoms. The van der Waals surface area contributed by atoms with Crippen LogP contribution in [0.4, 0.5) is 0 Å². The van der Waals surface area contributed by atoms with Gasteiger partial charge in [-0.3, -0.25) is 0 Å². The Hall–Kier alpha value is -2.03. The molecular formula is C19H22N5OS2+. The third-order valence-corrected chi connectivity index (χ3v) is 7.01. The minimum atomic E-state index is 0.577. The van der Waals surface area contributed by atoms with E-state index in [4.69, 9.17) is 17.0 Å². The van der Waals surface area contributed by atoms with Crippen LogP contribution in [0.5, 0.6) is 5.75 Å². The molecule has 1 aliphatic heterocycles. The molecule has 3 aromatic rings. The number of benzene rings is 1. The number of nitrogens with zero attached hydrogens (tertiary/aromatic N) is 4. The van der Waals surface area contributed by atoms with Crippen molar-refractivity contribution in [1.82, 2.24) is 19.8 Å². The van der Waals surface area contributed by atoms with Crippen molar-refractivity contribution < 1.29 is 9.64 Å². The maximum absolute atomic E-state index is 5.68. The first-order valence-corrected chi connectivity index (χ1v) is 10.6. The number of hydrogen-bond acceptors (Lipinski definition) is 5. The molecule has 5 rings (SSSR count). The lowest BCUT2D eigenvalue weighted by atomic mass is 9.96. The highest BCUT2D eigenvalue weighted by atomic mass is 32.1. The van der Waals surface area contributed by atoms with Crippen LogP contribution in [0.25, 0.3) is 5.69 Å². The van der Waals surface area contributed by atoms with E-state index in [0.29, 0.717) is 10.8 Å².